The SMILES string of the molecule is CC(=O)c1cc2c(cc1NC(=O)C[NH2+][C@@H](C)c1ccco1)OCO2. The Morgan fingerprint density at radius 3 is 2.71 bits per heavy atom. The van der Waals surface area contributed by atoms with Gasteiger partial charge in [0, 0.05) is 11.6 Å². The van der Waals surface area contributed by atoms with Crippen LogP contribution in [0.5, 0.6) is 11.5 Å². The van der Waals surface area contributed by atoms with Crippen molar-refractivity contribution in [3.63, 3.8) is 0 Å². The van der Waals surface area contributed by atoms with Crippen LogP contribution in [-0.2, 0) is 4.79 Å². The van der Waals surface area contributed by atoms with Gasteiger partial charge in [0.05, 0.1) is 12.0 Å². The maximum absolute atomic E-state index is 12.2. The molecule has 0 fully saturated rings. The monoisotopic (exact) mass is 331 g/mol. The van der Waals surface area contributed by atoms with Crippen molar-refractivity contribution in [1.29, 1.82) is 0 Å². The van der Waals surface area contributed by atoms with Crippen LogP contribution >= 0.6 is 0 Å². The minimum atomic E-state index is -0.213. The molecule has 0 bridgehead atoms. The Kier molecular flexibility index (Phi) is 4.52. The number of anilines is 1. The van der Waals surface area contributed by atoms with Gasteiger partial charge in [-0.3, -0.25) is 9.59 Å². The number of ether oxygens (including phenoxy) is 2. The molecule has 0 saturated carbocycles. The van der Waals surface area contributed by atoms with Gasteiger partial charge < -0.3 is 24.5 Å². The molecule has 1 aromatic heterocycles. The third kappa shape index (κ3) is 3.41. The number of amides is 1. The molecule has 1 atom stereocenters. The summed E-state index contributed by atoms with van der Waals surface area (Å²) in [5, 5.41) is 4.62. The lowest BCUT2D eigenvalue weighted by Gasteiger charge is -2.11. The summed E-state index contributed by atoms with van der Waals surface area (Å²) in [4.78, 5) is 24.0. The van der Waals surface area contributed by atoms with Crippen LogP contribution in [-0.4, -0.2) is 25.0 Å². The highest BCUT2D eigenvalue weighted by molar-refractivity contribution is 6.04. The van der Waals surface area contributed by atoms with Crippen LogP contribution in [0.4, 0.5) is 5.69 Å². The summed E-state index contributed by atoms with van der Waals surface area (Å²) in [6.45, 7) is 3.71. The van der Waals surface area contributed by atoms with Gasteiger partial charge in [-0.15, -0.1) is 0 Å². The zero-order valence-electron chi connectivity index (χ0n) is 13.5. The lowest BCUT2D eigenvalue weighted by molar-refractivity contribution is -0.684. The molecule has 0 saturated heterocycles. The van der Waals surface area contributed by atoms with Gasteiger partial charge in [-0.05, 0) is 32.0 Å². The highest BCUT2D eigenvalue weighted by atomic mass is 16.7. The van der Waals surface area contributed by atoms with Gasteiger partial charge in [0.2, 0.25) is 6.79 Å². The standard InChI is InChI=1S/C17H18N2O5/c1-10(14-4-3-5-22-14)18-8-17(21)19-13-7-16-15(23-9-24-16)6-12(13)11(2)20/h3-7,10,18H,8-9H2,1-2H3,(H,19,21)/p+1/t10-/m0/s1. The van der Waals surface area contributed by atoms with E-state index in [4.69, 9.17) is 13.9 Å². The summed E-state index contributed by atoms with van der Waals surface area (Å²) >= 11 is 0. The molecule has 1 aromatic carbocycles. The molecular weight excluding hydrogens is 312 g/mol. The Labute approximate surface area is 138 Å². The average Bonchev–Trinajstić information content (AvgIpc) is 3.22. The lowest BCUT2D eigenvalue weighted by atomic mass is 10.1. The Hall–Kier alpha value is -2.80. The van der Waals surface area contributed by atoms with Crippen LogP contribution in [0, 0.1) is 0 Å². The first-order valence-electron chi connectivity index (χ1n) is 7.65. The predicted octanol–water partition coefficient (Wildman–Crippen LogP) is 1.47. The molecule has 0 spiro atoms. The first kappa shape index (κ1) is 16.1. The van der Waals surface area contributed by atoms with Gasteiger partial charge in [0.15, 0.2) is 29.6 Å². The molecule has 2 heterocycles. The van der Waals surface area contributed by atoms with Crippen LogP contribution in [0.2, 0.25) is 0 Å². The number of carbonyl (C=O) groups is 2. The zero-order valence-corrected chi connectivity index (χ0v) is 13.5. The van der Waals surface area contributed by atoms with E-state index in [9.17, 15) is 9.59 Å². The first-order valence-corrected chi connectivity index (χ1v) is 7.65. The van der Waals surface area contributed by atoms with E-state index in [1.807, 2.05) is 24.4 Å². The molecule has 3 rings (SSSR count). The number of nitrogens with one attached hydrogen (secondary N) is 1. The average molecular weight is 331 g/mol. The molecule has 3 N–H and O–H groups in total. The Bertz CT molecular complexity index is 755. The molecule has 7 nitrogen and oxygen atoms in total. The van der Waals surface area contributed by atoms with Crippen molar-refractivity contribution in [3.05, 3.63) is 41.9 Å². The van der Waals surface area contributed by atoms with E-state index >= 15 is 0 Å². The van der Waals surface area contributed by atoms with Crippen molar-refractivity contribution in [2.24, 2.45) is 0 Å². The summed E-state index contributed by atoms with van der Waals surface area (Å²) in [5.41, 5.74) is 0.822. The lowest BCUT2D eigenvalue weighted by Crippen LogP contribution is -2.86. The first-order chi connectivity index (χ1) is 11.5. The van der Waals surface area contributed by atoms with Crippen LogP contribution in [0.15, 0.2) is 34.9 Å². The number of fused-ring (bicyclic) bond motifs is 1. The molecule has 0 unspecified atom stereocenters. The maximum Gasteiger partial charge on any atom is 0.279 e. The molecule has 1 aliphatic heterocycles. The van der Waals surface area contributed by atoms with Gasteiger partial charge >= 0.3 is 0 Å². The van der Waals surface area contributed by atoms with Crippen molar-refractivity contribution in [3.8, 4) is 11.5 Å². The van der Waals surface area contributed by atoms with E-state index in [0.29, 0.717) is 22.7 Å². The number of furan rings is 1. The Morgan fingerprint density at radius 1 is 1.29 bits per heavy atom. The second-order valence-electron chi connectivity index (χ2n) is 5.60. The number of rotatable bonds is 6. The third-order valence-corrected chi connectivity index (χ3v) is 3.81. The zero-order chi connectivity index (χ0) is 17.1. The number of benzene rings is 1. The summed E-state index contributed by atoms with van der Waals surface area (Å²) in [6.07, 6.45) is 1.60. The number of Topliss-reactive ketones (excluding diaryl/α,β-unsaturated/α-hetero) is 1. The number of carbonyl (C=O) groups excluding carboxylic acids is 2. The van der Waals surface area contributed by atoms with Crippen molar-refractivity contribution in [2.45, 2.75) is 19.9 Å². The normalized spacial score (nSPS) is 13.6. The molecule has 126 valence electrons. The topological polar surface area (TPSA) is 94.4 Å². The minimum Gasteiger partial charge on any atom is -0.463 e. The quantitative estimate of drug-likeness (QED) is 0.782. The summed E-state index contributed by atoms with van der Waals surface area (Å²) in [7, 11) is 0. The number of quaternary nitrogens is 1. The Morgan fingerprint density at radius 2 is 2.04 bits per heavy atom. The van der Waals surface area contributed by atoms with Crippen molar-refractivity contribution in [2.75, 3.05) is 18.7 Å². The highest BCUT2D eigenvalue weighted by Crippen LogP contribution is 2.37. The van der Waals surface area contributed by atoms with Crippen molar-refractivity contribution in [1.82, 2.24) is 0 Å². The van der Waals surface area contributed by atoms with E-state index in [0.717, 1.165) is 5.76 Å². The van der Waals surface area contributed by atoms with Crippen molar-refractivity contribution >= 4 is 17.4 Å². The number of hydrogen-bond donors (Lipinski definition) is 2. The minimum absolute atomic E-state index is 0.0229. The maximum atomic E-state index is 12.2. The van der Waals surface area contributed by atoms with Crippen LogP contribution in [0.25, 0.3) is 0 Å². The van der Waals surface area contributed by atoms with Gasteiger partial charge in [-0.25, -0.2) is 0 Å². The second kappa shape index (κ2) is 6.76. The van der Waals surface area contributed by atoms with Gasteiger partial charge in [0.1, 0.15) is 6.04 Å². The fourth-order valence-electron chi connectivity index (χ4n) is 2.49. The smallest absolute Gasteiger partial charge is 0.279 e. The van der Waals surface area contributed by atoms with Crippen LogP contribution in [0.1, 0.15) is 36.0 Å². The molecule has 0 aliphatic carbocycles. The van der Waals surface area contributed by atoms with E-state index in [1.54, 1.807) is 18.4 Å². The van der Waals surface area contributed by atoms with Gasteiger partial charge in [-0.2, -0.15) is 0 Å². The third-order valence-electron chi connectivity index (χ3n) is 3.81. The van der Waals surface area contributed by atoms with E-state index in [2.05, 4.69) is 5.32 Å². The summed E-state index contributed by atoms with van der Waals surface area (Å²) in [6, 6.07) is 6.91. The van der Waals surface area contributed by atoms with Crippen LogP contribution in [0.3, 0.4) is 0 Å². The molecule has 2 aromatic rings. The molecular formula is C17H19N2O5+. The summed E-state index contributed by atoms with van der Waals surface area (Å²) < 4.78 is 15.9. The molecule has 0 radical (unpaired) electrons. The molecule has 24 heavy (non-hydrogen) atoms. The summed E-state index contributed by atoms with van der Waals surface area (Å²) in [5.74, 6) is 1.46. The van der Waals surface area contributed by atoms with Crippen molar-refractivity contribution < 1.29 is 28.8 Å². The van der Waals surface area contributed by atoms with Gasteiger partial charge in [-0.1, -0.05) is 0 Å². The number of hydrogen-bond acceptors (Lipinski definition) is 5. The van der Waals surface area contributed by atoms with E-state index < -0.39 is 0 Å². The highest BCUT2D eigenvalue weighted by Gasteiger charge is 2.21. The van der Waals surface area contributed by atoms with E-state index in [-0.39, 0.29) is 31.1 Å². The fraction of sp³-hybridized carbons (Fsp3) is 0.294. The van der Waals surface area contributed by atoms with Gasteiger partial charge in [0.25, 0.3) is 5.91 Å². The molecule has 1 aliphatic rings. The predicted molar refractivity (Wildman–Crippen MR) is 85.1 cm³/mol. The Balaban J connectivity index is 1.67. The van der Waals surface area contributed by atoms with E-state index in [1.165, 1.54) is 6.92 Å². The largest absolute Gasteiger partial charge is 0.463 e. The fourth-order valence-corrected chi connectivity index (χ4v) is 2.49. The second-order valence-corrected chi connectivity index (χ2v) is 5.60. The number of ketones is 1. The molecule has 7 heteroatoms. The number of nitrogens with two attached hydrogens (primary N) is 1. The molecule has 1 amide bonds. The van der Waals surface area contributed by atoms with Crippen LogP contribution < -0.4 is 20.1 Å².